The number of carbonyl (C=O) groups excluding carboxylic acids is 3. The zero-order valence-corrected chi connectivity index (χ0v) is 15.7. The first-order valence-corrected chi connectivity index (χ1v) is 10.5. The highest BCUT2D eigenvalue weighted by Gasteiger charge is 2.51. The van der Waals surface area contributed by atoms with E-state index in [1.54, 1.807) is 11.3 Å². The standard InChI is InChI=1S/C19H25N3O3S/c23-16(21-11-4-6-14(21)15-7-5-13-26-15)8-12-22-17(24)19(20-18(22)25)9-2-1-3-10-19/h5,7,13-14H,1-4,6,8-12H2,(H,20,25). The Bertz CT molecular complexity index is 697. The fourth-order valence-electron chi connectivity index (χ4n) is 4.57. The third-order valence-corrected chi connectivity index (χ3v) is 6.92. The zero-order valence-electron chi connectivity index (χ0n) is 14.9. The summed E-state index contributed by atoms with van der Waals surface area (Å²) in [5.74, 6) is -0.0997. The van der Waals surface area contributed by atoms with Crippen molar-refractivity contribution < 1.29 is 14.4 Å². The molecule has 1 N–H and O–H groups in total. The first-order chi connectivity index (χ1) is 12.6. The summed E-state index contributed by atoms with van der Waals surface area (Å²) in [4.78, 5) is 42.3. The van der Waals surface area contributed by atoms with E-state index in [1.807, 2.05) is 16.3 Å². The number of amides is 4. The summed E-state index contributed by atoms with van der Waals surface area (Å²) in [5, 5.41) is 4.94. The highest BCUT2D eigenvalue weighted by atomic mass is 32.1. The number of thiophene rings is 1. The quantitative estimate of drug-likeness (QED) is 0.823. The van der Waals surface area contributed by atoms with Gasteiger partial charge in [-0.15, -0.1) is 11.3 Å². The van der Waals surface area contributed by atoms with Crippen molar-refractivity contribution in [3.8, 4) is 0 Å². The minimum absolute atomic E-state index is 0.0334. The Kier molecular flexibility index (Phi) is 4.73. The number of nitrogens with one attached hydrogen (secondary N) is 1. The van der Waals surface area contributed by atoms with Crippen molar-refractivity contribution in [3.63, 3.8) is 0 Å². The highest BCUT2D eigenvalue weighted by molar-refractivity contribution is 7.10. The average Bonchev–Trinajstić information content (AvgIpc) is 3.36. The summed E-state index contributed by atoms with van der Waals surface area (Å²) in [6.07, 6.45) is 6.67. The van der Waals surface area contributed by atoms with Crippen LogP contribution in [0.1, 0.15) is 62.3 Å². The largest absolute Gasteiger partial charge is 0.335 e. The van der Waals surface area contributed by atoms with Crippen LogP contribution >= 0.6 is 11.3 Å². The molecule has 3 heterocycles. The molecule has 3 aliphatic rings. The van der Waals surface area contributed by atoms with Crippen molar-refractivity contribution in [1.82, 2.24) is 15.1 Å². The highest BCUT2D eigenvalue weighted by Crippen LogP contribution is 2.36. The molecule has 140 valence electrons. The number of imide groups is 1. The van der Waals surface area contributed by atoms with Crippen molar-refractivity contribution in [1.29, 1.82) is 0 Å². The predicted octanol–water partition coefficient (Wildman–Crippen LogP) is 3.06. The molecule has 2 aliphatic heterocycles. The number of urea groups is 1. The van der Waals surface area contributed by atoms with Gasteiger partial charge in [0, 0.05) is 24.4 Å². The van der Waals surface area contributed by atoms with Gasteiger partial charge >= 0.3 is 6.03 Å². The average molecular weight is 375 g/mol. The van der Waals surface area contributed by atoms with E-state index >= 15 is 0 Å². The molecule has 3 fully saturated rings. The number of hydrogen-bond donors (Lipinski definition) is 1. The number of hydrogen-bond acceptors (Lipinski definition) is 4. The molecule has 1 spiro atoms. The minimum Gasteiger partial charge on any atom is -0.335 e. The van der Waals surface area contributed by atoms with Gasteiger partial charge in [-0.05, 0) is 37.1 Å². The van der Waals surface area contributed by atoms with Gasteiger partial charge in [0.2, 0.25) is 5.91 Å². The number of nitrogens with zero attached hydrogens (tertiary/aromatic N) is 2. The molecule has 7 heteroatoms. The molecular formula is C19H25N3O3S. The number of likely N-dealkylation sites (tertiary alicyclic amines) is 1. The van der Waals surface area contributed by atoms with E-state index < -0.39 is 5.54 Å². The number of carbonyl (C=O) groups is 3. The third kappa shape index (κ3) is 3.02. The smallest absolute Gasteiger partial charge is 0.325 e. The topological polar surface area (TPSA) is 69.7 Å². The second-order valence-corrected chi connectivity index (χ2v) is 8.52. The first-order valence-electron chi connectivity index (χ1n) is 9.58. The Morgan fingerprint density at radius 1 is 1.23 bits per heavy atom. The van der Waals surface area contributed by atoms with Crippen LogP contribution in [-0.4, -0.2) is 46.3 Å². The molecule has 6 nitrogen and oxygen atoms in total. The van der Waals surface area contributed by atoms with Crippen molar-refractivity contribution in [2.24, 2.45) is 0 Å². The summed E-state index contributed by atoms with van der Waals surface area (Å²) >= 11 is 1.68. The first kappa shape index (κ1) is 17.5. The van der Waals surface area contributed by atoms with Gasteiger partial charge in [0.05, 0.1) is 6.04 Å². The lowest BCUT2D eigenvalue weighted by atomic mass is 9.82. The Balaban J connectivity index is 1.38. The SMILES string of the molecule is O=C1NC2(CCCCC2)C(=O)N1CCC(=O)N1CCCC1c1cccs1. The fraction of sp³-hybridized carbons (Fsp3) is 0.632. The zero-order chi connectivity index (χ0) is 18.1. The Hall–Kier alpha value is -1.89. The van der Waals surface area contributed by atoms with E-state index in [1.165, 1.54) is 9.78 Å². The molecular weight excluding hydrogens is 350 g/mol. The molecule has 0 aromatic carbocycles. The van der Waals surface area contributed by atoms with Gasteiger partial charge < -0.3 is 10.2 Å². The minimum atomic E-state index is -0.703. The second-order valence-electron chi connectivity index (χ2n) is 7.54. The maximum Gasteiger partial charge on any atom is 0.325 e. The lowest BCUT2D eigenvalue weighted by molar-refractivity contribution is -0.134. The molecule has 26 heavy (non-hydrogen) atoms. The van der Waals surface area contributed by atoms with Crippen LogP contribution in [0.3, 0.4) is 0 Å². The maximum atomic E-state index is 12.8. The van der Waals surface area contributed by atoms with E-state index in [-0.39, 0.29) is 36.9 Å². The summed E-state index contributed by atoms with van der Waals surface area (Å²) in [7, 11) is 0. The second kappa shape index (κ2) is 7.02. The molecule has 1 aromatic rings. The molecule has 1 aliphatic carbocycles. The van der Waals surface area contributed by atoms with Crippen LogP contribution in [0.2, 0.25) is 0 Å². The molecule has 4 amide bonds. The van der Waals surface area contributed by atoms with Gasteiger partial charge in [-0.1, -0.05) is 25.3 Å². The normalized spacial score (nSPS) is 25.2. The third-order valence-electron chi connectivity index (χ3n) is 5.95. The maximum absolute atomic E-state index is 12.8. The summed E-state index contributed by atoms with van der Waals surface area (Å²) in [6.45, 7) is 0.935. The van der Waals surface area contributed by atoms with Crippen LogP contribution in [-0.2, 0) is 9.59 Å². The van der Waals surface area contributed by atoms with Crippen LogP contribution in [0.15, 0.2) is 17.5 Å². The predicted molar refractivity (Wildman–Crippen MR) is 98.7 cm³/mol. The lowest BCUT2D eigenvalue weighted by Gasteiger charge is -2.30. The van der Waals surface area contributed by atoms with E-state index in [4.69, 9.17) is 0 Å². The number of rotatable bonds is 4. The molecule has 1 atom stereocenters. The van der Waals surface area contributed by atoms with Crippen molar-refractivity contribution >= 4 is 29.2 Å². The van der Waals surface area contributed by atoms with Gasteiger partial charge in [0.1, 0.15) is 5.54 Å². The van der Waals surface area contributed by atoms with Crippen LogP contribution in [0.25, 0.3) is 0 Å². The molecule has 1 saturated carbocycles. The van der Waals surface area contributed by atoms with Crippen LogP contribution in [0, 0.1) is 0 Å². The van der Waals surface area contributed by atoms with Gasteiger partial charge in [0.25, 0.3) is 5.91 Å². The van der Waals surface area contributed by atoms with Crippen molar-refractivity contribution in [2.75, 3.05) is 13.1 Å². The van der Waals surface area contributed by atoms with Crippen LogP contribution in [0.5, 0.6) is 0 Å². The Morgan fingerprint density at radius 2 is 2.04 bits per heavy atom. The molecule has 2 saturated heterocycles. The van der Waals surface area contributed by atoms with E-state index in [0.717, 1.165) is 38.6 Å². The Morgan fingerprint density at radius 3 is 2.77 bits per heavy atom. The molecule has 0 radical (unpaired) electrons. The molecule has 0 bridgehead atoms. The van der Waals surface area contributed by atoms with Gasteiger partial charge in [-0.25, -0.2) is 4.79 Å². The Labute approximate surface area is 157 Å². The molecule has 1 unspecified atom stereocenters. The lowest BCUT2D eigenvalue weighted by Crippen LogP contribution is -2.48. The molecule has 1 aromatic heterocycles. The van der Waals surface area contributed by atoms with E-state index in [2.05, 4.69) is 11.4 Å². The van der Waals surface area contributed by atoms with Crippen molar-refractivity contribution in [3.05, 3.63) is 22.4 Å². The van der Waals surface area contributed by atoms with Gasteiger partial charge in [-0.2, -0.15) is 0 Å². The monoisotopic (exact) mass is 375 g/mol. The van der Waals surface area contributed by atoms with Crippen LogP contribution in [0.4, 0.5) is 4.79 Å². The van der Waals surface area contributed by atoms with Gasteiger partial charge in [0.15, 0.2) is 0 Å². The van der Waals surface area contributed by atoms with Crippen molar-refractivity contribution in [2.45, 2.75) is 62.9 Å². The van der Waals surface area contributed by atoms with Crippen LogP contribution < -0.4 is 5.32 Å². The van der Waals surface area contributed by atoms with E-state index in [9.17, 15) is 14.4 Å². The van der Waals surface area contributed by atoms with Gasteiger partial charge in [-0.3, -0.25) is 14.5 Å². The fourth-order valence-corrected chi connectivity index (χ4v) is 5.44. The van der Waals surface area contributed by atoms with E-state index in [0.29, 0.717) is 12.8 Å². The summed E-state index contributed by atoms with van der Waals surface area (Å²) < 4.78 is 0. The summed E-state index contributed by atoms with van der Waals surface area (Å²) in [5.41, 5.74) is -0.703. The molecule has 4 rings (SSSR count). The summed E-state index contributed by atoms with van der Waals surface area (Å²) in [6, 6.07) is 3.90.